The molecule has 0 radical (unpaired) electrons. The van der Waals surface area contributed by atoms with Gasteiger partial charge >= 0.3 is 0 Å². The molecule has 9 nitrogen and oxygen atoms in total. The summed E-state index contributed by atoms with van der Waals surface area (Å²) >= 11 is 1.50. The second-order valence-electron chi connectivity index (χ2n) is 7.18. The average Bonchev–Trinajstić information content (AvgIpc) is 3.37. The molecule has 3 amide bonds. The van der Waals surface area contributed by atoms with Crippen LogP contribution >= 0.6 is 11.3 Å². The van der Waals surface area contributed by atoms with Crippen molar-refractivity contribution < 1.29 is 14.4 Å². The van der Waals surface area contributed by atoms with Gasteiger partial charge in [0.1, 0.15) is 11.7 Å². The van der Waals surface area contributed by atoms with Crippen molar-refractivity contribution in [1.29, 1.82) is 0 Å². The second-order valence-corrected chi connectivity index (χ2v) is 8.13. The lowest BCUT2D eigenvalue weighted by atomic mass is 10.2. The second kappa shape index (κ2) is 11.2. The summed E-state index contributed by atoms with van der Waals surface area (Å²) in [4.78, 5) is 49.3. The molecule has 0 saturated heterocycles. The molecule has 0 aliphatic carbocycles. The molecule has 2 aromatic heterocycles. The van der Waals surface area contributed by atoms with E-state index in [1.807, 2.05) is 17.5 Å². The molecule has 1 aromatic carbocycles. The topological polar surface area (TPSA) is 122 Å². The van der Waals surface area contributed by atoms with Crippen LogP contribution in [0.2, 0.25) is 0 Å². The minimum atomic E-state index is -0.806. The van der Waals surface area contributed by atoms with Gasteiger partial charge in [-0.3, -0.25) is 19.2 Å². The zero-order valence-electron chi connectivity index (χ0n) is 18.3. The summed E-state index contributed by atoms with van der Waals surface area (Å²) in [6.07, 6.45) is 0.372. The van der Waals surface area contributed by atoms with E-state index in [9.17, 15) is 19.2 Å². The van der Waals surface area contributed by atoms with Crippen LogP contribution < -0.4 is 21.5 Å². The molecule has 0 fully saturated rings. The fraction of sp³-hybridized carbons (Fsp3) is 0.261. The summed E-state index contributed by atoms with van der Waals surface area (Å²) in [5.74, 6) is -0.779. The molecule has 10 heteroatoms. The first kappa shape index (κ1) is 23.9. The Kier molecular flexibility index (Phi) is 8.09. The van der Waals surface area contributed by atoms with Gasteiger partial charge < -0.3 is 16.0 Å². The number of hydrogen-bond donors (Lipinski definition) is 3. The minimum absolute atomic E-state index is 0.104. The Balaban J connectivity index is 1.49. The predicted octanol–water partition coefficient (Wildman–Crippen LogP) is 2.43. The Labute approximate surface area is 194 Å². The highest BCUT2D eigenvalue weighted by Gasteiger charge is 2.18. The van der Waals surface area contributed by atoms with Crippen LogP contribution in [0.5, 0.6) is 0 Å². The van der Waals surface area contributed by atoms with Crippen molar-refractivity contribution in [2.45, 2.75) is 26.3 Å². The Hall–Kier alpha value is -3.79. The maximum atomic E-state index is 12.5. The van der Waals surface area contributed by atoms with Crippen LogP contribution in [-0.2, 0) is 9.59 Å². The van der Waals surface area contributed by atoms with E-state index in [2.05, 4.69) is 21.0 Å². The quantitative estimate of drug-likeness (QED) is 0.417. The zero-order valence-corrected chi connectivity index (χ0v) is 19.1. The maximum Gasteiger partial charge on any atom is 0.267 e. The number of anilines is 1. The van der Waals surface area contributed by atoms with Gasteiger partial charge in [-0.15, -0.1) is 11.3 Å². The van der Waals surface area contributed by atoms with E-state index in [4.69, 9.17) is 0 Å². The van der Waals surface area contributed by atoms with Gasteiger partial charge in [0.05, 0.1) is 4.88 Å². The lowest BCUT2D eigenvalue weighted by Crippen LogP contribution is -2.40. The van der Waals surface area contributed by atoms with Crippen LogP contribution in [0.4, 0.5) is 5.69 Å². The van der Waals surface area contributed by atoms with Crippen LogP contribution in [0.3, 0.4) is 0 Å². The minimum Gasteiger partial charge on any atom is -0.352 e. The number of hydrogen-bond acceptors (Lipinski definition) is 6. The molecule has 3 N–H and O–H groups in total. The number of benzene rings is 1. The number of amides is 3. The van der Waals surface area contributed by atoms with Gasteiger partial charge in [0, 0.05) is 36.8 Å². The monoisotopic (exact) mass is 467 g/mol. The molecule has 0 saturated carbocycles. The molecule has 172 valence electrons. The van der Waals surface area contributed by atoms with E-state index in [-0.39, 0.29) is 36.4 Å². The first-order valence-electron chi connectivity index (χ1n) is 10.5. The molecule has 1 unspecified atom stereocenters. The molecule has 33 heavy (non-hydrogen) atoms. The van der Waals surface area contributed by atoms with E-state index >= 15 is 0 Å². The summed E-state index contributed by atoms with van der Waals surface area (Å²) in [6, 6.07) is 12.5. The van der Waals surface area contributed by atoms with Crippen LogP contribution in [0.15, 0.2) is 58.7 Å². The number of nitrogens with one attached hydrogen (secondary N) is 3. The Morgan fingerprint density at radius 1 is 1.03 bits per heavy atom. The Morgan fingerprint density at radius 3 is 2.42 bits per heavy atom. The Bertz CT molecular complexity index is 1170. The van der Waals surface area contributed by atoms with E-state index < -0.39 is 6.04 Å². The molecule has 3 aromatic rings. The van der Waals surface area contributed by atoms with Crippen LogP contribution in [0.1, 0.15) is 36.7 Å². The van der Waals surface area contributed by atoms with E-state index in [1.54, 1.807) is 44.2 Å². The van der Waals surface area contributed by atoms with Crippen molar-refractivity contribution in [2.75, 3.05) is 18.4 Å². The molecule has 0 aliphatic heterocycles. The molecule has 0 bridgehead atoms. The summed E-state index contributed by atoms with van der Waals surface area (Å²) < 4.78 is 1.15. The maximum absolute atomic E-state index is 12.5. The number of nitrogens with zero attached hydrogens (tertiary/aromatic N) is 2. The Morgan fingerprint density at radius 2 is 1.76 bits per heavy atom. The lowest BCUT2D eigenvalue weighted by Gasteiger charge is -2.15. The zero-order chi connectivity index (χ0) is 23.8. The third-order valence-electron chi connectivity index (χ3n) is 4.81. The van der Waals surface area contributed by atoms with Gasteiger partial charge in [0.15, 0.2) is 0 Å². The fourth-order valence-electron chi connectivity index (χ4n) is 2.94. The SMILES string of the molecule is CCC(=O)Nc1ccc(C(=O)NCCNC(=O)C(C)n2nc(-c3cccs3)ccc2=O)cc1. The van der Waals surface area contributed by atoms with Crippen molar-refractivity contribution >= 4 is 34.7 Å². The van der Waals surface area contributed by atoms with Gasteiger partial charge in [-0.1, -0.05) is 13.0 Å². The standard InChI is InChI=1S/C23H25N5O4S/c1-3-20(29)26-17-8-6-16(7-9-17)23(32)25-13-12-24-22(31)15(2)28-21(30)11-10-18(27-28)19-5-4-14-33-19/h4-11,14-15H,3,12-13H2,1-2H3,(H,24,31)(H,25,32)(H,26,29). The number of thiophene rings is 1. The van der Waals surface area contributed by atoms with Gasteiger partial charge in [-0.05, 0) is 48.7 Å². The highest BCUT2D eigenvalue weighted by Crippen LogP contribution is 2.21. The van der Waals surface area contributed by atoms with Crippen LogP contribution in [0, 0.1) is 0 Å². The van der Waals surface area contributed by atoms with Gasteiger partial charge in [0.2, 0.25) is 11.8 Å². The molecule has 0 spiro atoms. The number of carbonyl (C=O) groups excluding carboxylic acids is 3. The fourth-order valence-corrected chi connectivity index (χ4v) is 3.63. The van der Waals surface area contributed by atoms with Crippen molar-refractivity contribution in [3.8, 4) is 10.6 Å². The van der Waals surface area contributed by atoms with Crippen molar-refractivity contribution in [3.05, 3.63) is 69.8 Å². The number of aromatic nitrogens is 2. The average molecular weight is 468 g/mol. The molecule has 0 aliphatic rings. The summed E-state index contributed by atoms with van der Waals surface area (Å²) in [6.45, 7) is 3.76. The smallest absolute Gasteiger partial charge is 0.267 e. The third kappa shape index (κ3) is 6.36. The summed E-state index contributed by atoms with van der Waals surface area (Å²) in [5.41, 5.74) is 1.30. The predicted molar refractivity (Wildman–Crippen MR) is 127 cm³/mol. The first-order valence-corrected chi connectivity index (χ1v) is 11.4. The third-order valence-corrected chi connectivity index (χ3v) is 5.70. The number of carbonyl (C=O) groups is 3. The normalized spacial score (nSPS) is 11.5. The van der Waals surface area contributed by atoms with E-state index in [0.717, 1.165) is 9.56 Å². The molecular weight excluding hydrogens is 442 g/mol. The van der Waals surface area contributed by atoms with Gasteiger partial charge in [-0.25, -0.2) is 4.68 Å². The van der Waals surface area contributed by atoms with Crippen LogP contribution in [-0.4, -0.2) is 40.6 Å². The lowest BCUT2D eigenvalue weighted by molar-refractivity contribution is -0.124. The molecule has 1 atom stereocenters. The van der Waals surface area contributed by atoms with Crippen molar-refractivity contribution in [3.63, 3.8) is 0 Å². The molecule has 3 rings (SSSR count). The summed E-state index contributed by atoms with van der Waals surface area (Å²) in [7, 11) is 0. The van der Waals surface area contributed by atoms with Gasteiger partial charge in [-0.2, -0.15) is 5.10 Å². The molecular formula is C23H25N5O4S. The molecule has 2 heterocycles. The van der Waals surface area contributed by atoms with Crippen molar-refractivity contribution in [1.82, 2.24) is 20.4 Å². The van der Waals surface area contributed by atoms with Gasteiger partial charge in [0.25, 0.3) is 11.5 Å². The van der Waals surface area contributed by atoms with E-state index in [1.165, 1.54) is 17.4 Å². The van der Waals surface area contributed by atoms with E-state index in [0.29, 0.717) is 23.4 Å². The highest BCUT2D eigenvalue weighted by molar-refractivity contribution is 7.13. The first-order chi connectivity index (χ1) is 15.9. The largest absolute Gasteiger partial charge is 0.352 e. The summed E-state index contributed by atoms with van der Waals surface area (Å²) in [5, 5.41) is 14.4. The van der Waals surface area contributed by atoms with Crippen molar-refractivity contribution in [2.24, 2.45) is 0 Å². The highest BCUT2D eigenvalue weighted by atomic mass is 32.1. The van der Waals surface area contributed by atoms with Crippen LogP contribution in [0.25, 0.3) is 10.6 Å². The number of rotatable bonds is 9.